The van der Waals surface area contributed by atoms with E-state index >= 15 is 0 Å². The van der Waals surface area contributed by atoms with Crippen molar-refractivity contribution < 1.29 is 8.78 Å². The van der Waals surface area contributed by atoms with Gasteiger partial charge in [-0.25, -0.2) is 13.8 Å². The second-order valence-corrected chi connectivity index (χ2v) is 3.28. The predicted octanol–water partition coefficient (Wildman–Crippen LogP) is 2.87. The van der Waals surface area contributed by atoms with Gasteiger partial charge in [0.2, 0.25) is 0 Å². The van der Waals surface area contributed by atoms with Gasteiger partial charge in [-0.15, -0.1) is 0 Å². The molecular formula is C11H10F2N2. The zero-order chi connectivity index (χ0) is 10.7. The van der Waals surface area contributed by atoms with Crippen LogP contribution < -0.4 is 0 Å². The van der Waals surface area contributed by atoms with E-state index in [0.29, 0.717) is 6.54 Å². The van der Waals surface area contributed by atoms with Crippen molar-refractivity contribution in [3.8, 4) is 0 Å². The third-order valence-electron chi connectivity index (χ3n) is 2.13. The number of nitrogens with zero attached hydrogens (tertiary/aromatic N) is 2. The van der Waals surface area contributed by atoms with Gasteiger partial charge in [0.25, 0.3) is 6.43 Å². The van der Waals surface area contributed by atoms with Gasteiger partial charge in [0.05, 0.1) is 6.33 Å². The Labute approximate surface area is 86.2 Å². The standard InChI is InChI=1S/C11H10F2N2/c12-11(13)10-3-1-2-9(6-10)7-15-5-4-14-8-15/h1-6,8,11H,7H2. The van der Waals surface area contributed by atoms with Crippen molar-refractivity contribution in [1.82, 2.24) is 9.55 Å². The highest BCUT2D eigenvalue weighted by atomic mass is 19.3. The lowest BCUT2D eigenvalue weighted by atomic mass is 10.1. The number of aromatic nitrogens is 2. The third-order valence-corrected chi connectivity index (χ3v) is 2.13. The second-order valence-electron chi connectivity index (χ2n) is 3.28. The van der Waals surface area contributed by atoms with Gasteiger partial charge in [0.1, 0.15) is 0 Å². The Morgan fingerprint density at radius 1 is 1.33 bits per heavy atom. The lowest BCUT2D eigenvalue weighted by molar-refractivity contribution is 0.151. The first-order valence-electron chi connectivity index (χ1n) is 4.58. The number of imidazole rings is 1. The molecule has 1 aromatic heterocycles. The zero-order valence-corrected chi connectivity index (χ0v) is 7.98. The van der Waals surface area contributed by atoms with E-state index in [0.717, 1.165) is 5.56 Å². The summed E-state index contributed by atoms with van der Waals surface area (Å²) in [6, 6.07) is 6.42. The summed E-state index contributed by atoms with van der Waals surface area (Å²) in [5.41, 5.74) is 0.915. The molecule has 0 amide bonds. The smallest absolute Gasteiger partial charge is 0.263 e. The fourth-order valence-corrected chi connectivity index (χ4v) is 1.42. The highest BCUT2D eigenvalue weighted by molar-refractivity contribution is 5.24. The fraction of sp³-hybridized carbons (Fsp3) is 0.182. The molecule has 0 unspecified atom stereocenters. The molecule has 0 fully saturated rings. The van der Waals surface area contributed by atoms with E-state index in [1.165, 1.54) is 12.1 Å². The van der Waals surface area contributed by atoms with Gasteiger partial charge in [0, 0.05) is 24.5 Å². The Balaban J connectivity index is 2.18. The van der Waals surface area contributed by atoms with Gasteiger partial charge in [-0.3, -0.25) is 0 Å². The maximum Gasteiger partial charge on any atom is 0.263 e. The maximum absolute atomic E-state index is 12.4. The van der Waals surface area contributed by atoms with Crippen molar-refractivity contribution in [3.05, 3.63) is 54.1 Å². The Morgan fingerprint density at radius 2 is 2.20 bits per heavy atom. The summed E-state index contributed by atoms with van der Waals surface area (Å²) >= 11 is 0. The van der Waals surface area contributed by atoms with Crippen LogP contribution in [0.5, 0.6) is 0 Å². The number of alkyl halides is 2. The molecule has 1 aromatic carbocycles. The summed E-state index contributed by atoms with van der Waals surface area (Å²) in [7, 11) is 0. The Hall–Kier alpha value is -1.71. The molecule has 78 valence electrons. The van der Waals surface area contributed by atoms with Crippen LogP contribution in [0.2, 0.25) is 0 Å². The minimum Gasteiger partial charge on any atom is -0.333 e. The number of hydrogen-bond donors (Lipinski definition) is 0. The topological polar surface area (TPSA) is 17.8 Å². The summed E-state index contributed by atoms with van der Waals surface area (Å²) in [5.74, 6) is 0. The molecule has 0 aliphatic heterocycles. The van der Waals surface area contributed by atoms with E-state index in [1.807, 2.05) is 10.6 Å². The van der Waals surface area contributed by atoms with Crippen LogP contribution in [0.3, 0.4) is 0 Å². The summed E-state index contributed by atoms with van der Waals surface area (Å²) in [6.07, 6.45) is 2.72. The number of benzene rings is 1. The molecule has 0 aliphatic carbocycles. The number of hydrogen-bond acceptors (Lipinski definition) is 1. The molecule has 1 heterocycles. The molecule has 2 aromatic rings. The van der Waals surface area contributed by atoms with Crippen molar-refractivity contribution in [1.29, 1.82) is 0 Å². The molecule has 2 rings (SSSR count). The molecule has 0 atom stereocenters. The van der Waals surface area contributed by atoms with Crippen LogP contribution in [-0.4, -0.2) is 9.55 Å². The zero-order valence-electron chi connectivity index (χ0n) is 7.98. The predicted molar refractivity (Wildman–Crippen MR) is 52.7 cm³/mol. The van der Waals surface area contributed by atoms with Gasteiger partial charge < -0.3 is 4.57 Å². The van der Waals surface area contributed by atoms with E-state index in [9.17, 15) is 8.78 Å². The van der Waals surface area contributed by atoms with E-state index in [-0.39, 0.29) is 5.56 Å². The molecule has 2 nitrogen and oxygen atoms in total. The van der Waals surface area contributed by atoms with Crippen LogP contribution in [0.25, 0.3) is 0 Å². The molecule has 4 heteroatoms. The molecule has 0 saturated carbocycles. The maximum atomic E-state index is 12.4. The summed E-state index contributed by atoms with van der Waals surface area (Å²) < 4.78 is 26.7. The van der Waals surface area contributed by atoms with E-state index in [1.54, 1.807) is 24.8 Å². The van der Waals surface area contributed by atoms with Gasteiger partial charge in [-0.2, -0.15) is 0 Å². The highest BCUT2D eigenvalue weighted by Crippen LogP contribution is 2.19. The molecule has 0 saturated heterocycles. The minimum absolute atomic E-state index is 0.0626. The van der Waals surface area contributed by atoms with Crippen LogP contribution in [0, 0.1) is 0 Å². The lowest BCUT2D eigenvalue weighted by Gasteiger charge is -2.05. The van der Waals surface area contributed by atoms with E-state index in [2.05, 4.69) is 4.98 Å². The first-order chi connectivity index (χ1) is 7.25. The molecule has 0 bridgehead atoms. The first-order valence-corrected chi connectivity index (χ1v) is 4.58. The summed E-state index contributed by atoms with van der Waals surface area (Å²) in [6.45, 7) is 0.570. The Kier molecular flexibility index (Phi) is 2.76. The fourth-order valence-electron chi connectivity index (χ4n) is 1.42. The molecule has 0 spiro atoms. The quantitative estimate of drug-likeness (QED) is 0.758. The van der Waals surface area contributed by atoms with Crippen molar-refractivity contribution in [2.45, 2.75) is 13.0 Å². The van der Waals surface area contributed by atoms with Crippen LogP contribution in [0.15, 0.2) is 43.0 Å². The minimum atomic E-state index is -2.41. The third kappa shape index (κ3) is 2.40. The second kappa shape index (κ2) is 4.21. The molecular weight excluding hydrogens is 198 g/mol. The normalized spacial score (nSPS) is 10.9. The average molecular weight is 208 g/mol. The molecule has 0 aliphatic rings. The molecule has 15 heavy (non-hydrogen) atoms. The van der Waals surface area contributed by atoms with Gasteiger partial charge in [0.15, 0.2) is 0 Å². The van der Waals surface area contributed by atoms with E-state index < -0.39 is 6.43 Å². The molecule has 0 N–H and O–H groups in total. The van der Waals surface area contributed by atoms with Crippen molar-refractivity contribution >= 4 is 0 Å². The molecule has 0 radical (unpaired) electrons. The Bertz CT molecular complexity index is 424. The van der Waals surface area contributed by atoms with Crippen molar-refractivity contribution in [2.75, 3.05) is 0 Å². The SMILES string of the molecule is FC(F)c1cccc(Cn2ccnc2)c1. The van der Waals surface area contributed by atoms with Crippen LogP contribution in [0.4, 0.5) is 8.78 Å². The van der Waals surface area contributed by atoms with Crippen LogP contribution >= 0.6 is 0 Å². The van der Waals surface area contributed by atoms with Crippen molar-refractivity contribution in [2.24, 2.45) is 0 Å². The summed E-state index contributed by atoms with van der Waals surface area (Å²) in [4.78, 5) is 3.89. The highest BCUT2D eigenvalue weighted by Gasteiger charge is 2.06. The van der Waals surface area contributed by atoms with Gasteiger partial charge in [-0.1, -0.05) is 18.2 Å². The first kappa shape index (κ1) is 9.83. The Morgan fingerprint density at radius 3 is 2.87 bits per heavy atom. The van der Waals surface area contributed by atoms with Crippen LogP contribution in [0.1, 0.15) is 17.6 Å². The monoisotopic (exact) mass is 208 g/mol. The van der Waals surface area contributed by atoms with Gasteiger partial charge >= 0.3 is 0 Å². The van der Waals surface area contributed by atoms with Crippen molar-refractivity contribution in [3.63, 3.8) is 0 Å². The average Bonchev–Trinajstić information content (AvgIpc) is 2.71. The largest absolute Gasteiger partial charge is 0.333 e. The lowest BCUT2D eigenvalue weighted by Crippen LogP contribution is -1.97. The summed E-state index contributed by atoms with van der Waals surface area (Å²) in [5, 5.41) is 0. The van der Waals surface area contributed by atoms with Crippen LogP contribution in [-0.2, 0) is 6.54 Å². The number of halogens is 2. The van der Waals surface area contributed by atoms with Gasteiger partial charge in [-0.05, 0) is 11.6 Å². The van der Waals surface area contributed by atoms with E-state index in [4.69, 9.17) is 0 Å². The number of rotatable bonds is 3.